The number of hydrogen-bond acceptors (Lipinski definition) is 11. The van der Waals surface area contributed by atoms with E-state index < -0.39 is 77.9 Å². The lowest BCUT2D eigenvalue weighted by Gasteiger charge is -2.47. The quantitative estimate of drug-likeness (QED) is 0.206. The molecular weight excluding hydrogens is 680 g/mol. The monoisotopic (exact) mass is 744 g/mol. The lowest BCUT2D eigenvalue weighted by atomic mass is 9.82. The number of carbonyl (C=O) groups is 4. The number of aliphatic hydroxyl groups is 2. The molecule has 0 radical (unpaired) electrons. The number of aliphatic hydroxyl groups excluding tert-OH is 1. The number of rotatable bonds is 5. The zero-order valence-corrected chi connectivity index (χ0v) is 32.9. The molecule has 0 saturated carbocycles. The van der Waals surface area contributed by atoms with E-state index in [2.05, 4.69) is 6.08 Å². The van der Waals surface area contributed by atoms with Crippen molar-refractivity contribution < 1.29 is 48.3 Å². The molecule has 3 heterocycles. The van der Waals surface area contributed by atoms with Crippen LogP contribution in [0, 0.1) is 17.8 Å². The van der Waals surface area contributed by atoms with Gasteiger partial charge in [-0.1, -0.05) is 50.1 Å². The summed E-state index contributed by atoms with van der Waals surface area (Å²) in [7, 11) is 3.06. The molecule has 3 aliphatic heterocycles. The number of piperidine rings is 1. The first-order chi connectivity index (χ1) is 25.1. The molecule has 0 aromatic heterocycles. The van der Waals surface area contributed by atoms with Gasteiger partial charge < -0.3 is 39.8 Å². The van der Waals surface area contributed by atoms with Crippen molar-refractivity contribution in [2.45, 2.75) is 160 Å². The molecule has 2 saturated heterocycles. The lowest BCUT2D eigenvalue weighted by Crippen LogP contribution is -2.64. The Balaban J connectivity index is 1.77. The normalized spacial score (nSPS) is 38.9. The number of fused-ring (bicyclic) bond motifs is 3. The molecule has 4 aliphatic rings. The Morgan fingerprint density at radius 2 is 1.75 bits per heavy atom. The van der Waals surface area contributed by atoms with Gasteiger partial charge in [-0.25, -0.2) is 4.79 Å². The van der Waals surface area contributed by atoms with Gasteiger partial charge in [0.2, 0.25) is 5.79 Å². The van der Waals surface area contributed by atoms with E-state index in [-0.39, 0.29) is 37.5 Å². The summed E-state index contributed by atoms with van der Waals surface area (Å²) in [5.74, 6) is -6.87. The number of hydrogen-bond donors (Lipinski definition) is 3. The molecule has 12 nitrogen and oxygen atoms in total. The number of cyclic esters (lactones) is 1. The van der Waals surface area contributed by atoms with Crippen LogP contribution in [0.4, 0.5) is 0 Å². The topological polar surface area (TPSA) is 175 Å². The van der Waals surface area contributed by atoms with Gasteiger partial charge in [-0.3, -0.25) is 14.4 Å². The minimum Gasteiger partial charge on any atom is -0.455 e. The molecule has 1 amide bonds. The first-order valence-electron chi connectivity index (χ1n) is 19.7. The van der Waals surface area contributed by atoms with Crippen LogP contribution in [0.15, 0.2) is 34.9 Å². The summed E-state index contributed by atoms with van der Waals surface area (Å²) < 4.78 is 24.0. The summed E-state index contributed by atoms with van der Waals surface area (Å²) in [6, 6.07) is -2.29. The van der Waals surface area contributed by atoms with Crippen LogP contribution < -0.4 is 5.73 Å². The van der Waals surface area contributed by atoms with Crippen molar-refractivity contribution in [2.24, 2.45) is 23.5 Å². The Morgan fingerprint density at radius 3 is 2.40 bits per heavy atom. The van der Waals surface area contributed by atoms with Crippen LogP contribution in [0.3, 0.4) is 0 Å². The number of Topliss-reactive ketones (excluding diaryl/α,β-unsaturated/α-hetero) is 2. The summed E-state index contributed by atoms with van der Waals surface area (Å²) in [6.45, 7) is 9.45. The van der Waals surface area contributed by atoms with Crippen molar-refractivity contribution in [1.82, 2.24) is 4.90 Å². The highest BCUT2D eigenvalue weighted by Gasteiger charge is 2.56. The van der Waals surface area contributed by atoms with Crippen LogP contribution in [0.2, 0.25) is 0 Å². The Morgan fingerprint density at radius 1 is 1.06 bits per heavy atom. The fourth-order valence-corrected chi connectivity index (χ4v) is 8.55. The van der Waals surface area contributed by atoms with Gasteiger partial charge in [0.1, 0.15) is 24.0 Å². The van der Waals surface area contributed by atoms with E-state index >= 15 is 0 Å². The molecule has 53 heavy (non-hydrogen) atoms. The highest BCUT2D eigenvalue weighted by Crippen LogP contribution is 2.39. The second kappa shape index (κ2) is 19.2. The molecule has 11 atom stereocenters. The molecule has 2 bridgehead atoms. The molecule has 0 spiro atoms. The first-order valence-corrected chi connectivity index (χ1v) is 19.7. The number of carbonyl (C=O) groups excluding carboxylic acids is 4. The molecule has 12 heteroatoms. The number of nitrogens with zero attached hydrogens (tertiary/aromatic N) is 1. The molecule has 4 rings (SSSR count). The van der Waals surface area contributed by atoms with Crippen LogP contribution in [-0.4, -0.2) is 108 Å². The smallest absolute Gasteiger partial charge is 0.329 e. The predicted octanol–water partition coefficient (Wildman–Crippen LogP) is 4.49. The third-order valence-electron chi connectivity index (χ3n) is 11.7. The molecule has 0 unspecified atom stereocenters. The largest absolute Gasteiger partial charge is 0.455 e. The second-order valence-electron chi connectivity index (χ2n) is 16.0. The molecule has 2 fully saturated rings. The van der Waals surface area contributed by atoms with Crippen LogP contribution in [0.5, 0.6) is 0 Å². The van der Waals surface area contributed by atoms with Gasteiger partial charge in [0.05, 0.1) is 24.4 Å². The number of ether oxygens (including phenoxy) is 4. The van der Waals surface area contributed by atoms with Crippen LogP contribution in [0.25, 0.3) is 0 Å². The standard InChI is InChI=1S/C41H64N2O10/c1-8-29-19-24(2)18-25(3)20-33(50-6)37-34(51-7)22-27(5)41(49,53-37)38(46)39(47)43-17-13-12-16-30(43)40(48)52-36(35(42)32(45)23-31(29)44)26(4)21-28-14-10-9-11-15-28/h14,19,21,25,27,29-30,32-37,45,49H,8-13,15-18,20,22-23,42H2,1-7H3/b24-19+,26-21+/t25-,27+,29+,30-,32-,33-,34-,35+,36+,37+,41+/m0/s1. The zero-order chi connectivity index (χ0) is 39.0. The Hall–Kier alpha value is -2.74. The number of ketones is 2. The molecular formula is C41H64N2O10. The van der Waals surface area contributed by atoms with Crippen molar-refractivity contribution in [3.05, 3.63) is 34.9 Å². The average molecular weight is 745 g/mol. The molecule has 0 aromatic carbocycles. The van der Waals surface area contributed by atoms with Gasteiger partial charge in [-0.15, -0.1) is 0 Å². The number of methoxy groups -OCH3 is 2. The van der Waals surface area contributed by atoms with Crippen LogP contribution >= 0.6 is 0 Å². The maximum Gasteiger partial charge on any atom is 0.329 e. The first kappa shape index (κ1) is 43.0. The number of allylic oxidation sites excluding steroid dienone is 5. The van der Waals surface area contributed by atoms with E-state index in [1.807, 2.05) is 32.9 Å². The SMILES string of the molecule is CC[C@@H]1/C=C(\C)C[C@H](C)C[C@H](OC)[C@H]2O[C@@](O)(C(=O)C(=O)N3CCCC[C@H]3C(=O)O[C@H](/C(C)=C/C3=CCCCC3)[C@H](N)[C@@H](O)CC1=O)[C@H](C)C[C@@H]2OC. The molecule has 298 valence electrons. The van der Waals surface area contributed by atoms with Crippen molar-refractivity contribution >= 4 is 23.4 Å². The molecule has 1 aliphatic carbocycles. The van der Waals surface area contributed by atoms with Gasteiger partial charge in [0.25, 0.3) is 11.7 Å². The van der Waals surface area contributed by atoms with Crippen molar-refractivity contribution in [3.8, 4) is 0 Å². The Labute approximate surface area is 315 Å². The van der Waals surface area contributed by atoms with Crippen LogP contribution in [-0.2, 0) is 38.1 Å². The summed E-state index contributed by atoms with van der Waals surface area (Å²) in [5.41, 5.74) is 9.35. The fourth-order valence-electron chi connectivity index (χ4n) is 8.55. The summed E-state index contributed by atoms with van der Waals surface area (Å²) in [4.78, 5) is 57.2. The maximum absolute atomic E-state index is 14.1. The highest BCUT2D eigenvalue weighted by molar-refractivity contribution is 6.39. The molecule has 0 aromatic rings. The second-order valence-corrected chi connectivity index (χ2v) is 16.0. The van der Waals surface area contributed by atoms with E-state index in [1.54, 1.807) is 13.8 Å². The average Bonchev–Trinajstić information content (AvgIpc) is 3.14. The zero-order valence-electron chi connectivity index (χ0n) is 32.9. The maximum atomic E-state index is 14.1. The lowest BCUT2D eigenvalue weighted by molar-refractivity contribution is -0.302. The van der Waals surface area contributed by atoms with Crippen molar-refractivity contribution in [2.75, 3.05) is 20.8 Å². The fraction of sp³-hybridized carbons (Fsp3) is 0.756. The van der Waals surface area contributed by atoms with E-state index in [9.17, 15) is 29.4 Å². The summed E-state index contributed by atoms with van der Waals surface area (Å²) in [5, 5.41) is 23.4. The number of nitrogens with two attached hydrogens (primary N) is 1. The van der Waals surface area contributed by atoms with Gasteiger partial charge in [0, 0.05) is 39.0 Å². The van der Waals surface area contributed by atoms with E-state index in [1.165, 1.54) is 19.1 Å². The third kappa shape index (κ3) is 10.3. The van der Waals surface area contributed by atoms with Crippen molar-refractivity contribution in [1.29, 1.82) is 0 Å². The summed E-state index contributed by atoms with van der Waals surface area (Å²) in [6.07, 6.45) is 8.43. The van der Waals surface area contributed by atoms with Gasteiger partial charge in [0.15, 0.2) is 0 Å². The van der Waals surface area contributed by atoms with Crippen LogP contribution in [0.1, 0.15) is 112 Å². The summed E-state index contributed by atoms with van der Waals surface area (Å²) >= 11 is 0. The van der Waals surface area contributed by atoms with Crippen molar-refractivity contribution in [3.63, 3.8) is 0 Å². The number of amides is 1. The Bertz CT molecular complexity index is 1410. The van der Waals surface area contributed by atoms with Gasteiger partial charge in [-0.2, -0.15) is 0 Å². The highest BCUT2D eigenvalue weighted by atomic mass is 16.7. The predicted molar refractivity (Wildman–Crippen MR) is 199 cm³/mol. The number of esters is 1. The van der Waals surface area contributed by atoms with E-state index in [0.717, 1.165) is 36.8 Å². The Kier molecular flexibility index (Phi) is 15.6. The minimum absolute atomic E-state index is 0.0369. The third-order valence-corrected chi connectivity index (χ3v) is 11.7. The van der Waals surface area contributed by atoms with Gasteiger partial charge >= 0.3 is 5.97 Å². The van der Waals surface area contributed by atoms with E-state index in [0.29, 0.717) is 37.7 Å². The minimum atomic E-state index is -2.49. The van der Waals surface area contributed by atoms with E-state index in [4.69, 9.17) is 24.7 Å². The van der Waals surface area contributed by atoms with Gasteiger partial charge in [-0.05, 0) is 96.0 Å². The molecule has 4 N–H and O–H groups in total.